The standard InChI is InChI=1S/C12H12ClF2N3O3/c13-2-1-6-4-18(12(20)17-10(6)16)11-7(3-14)9(15)8(5-19)21-11/h1-4,8-9,11,19H,5H2,(H2,16,17,20)/b2-1-,7-3+. The summed E-state index contributed by atoms with van der Waals surface area (Å²) >= 11 is 5.44. The van der Waals surface area contributed by atoms with Gasteiger partial charge >= 0.3 is 5.69 Å². The Balaban J connectivity index is 2.51. The molecule has 0 spiro atoms. The molecule has 2 rings (SSSR count). The first-order chi connectivity index (χ1) is 10.0. The number of rotatable bonds is 3. The fourth-order valence-electron chi connectivity index (χ4n) is 2.00. The van der Waals surface area contributed by atoms with E-state index >= 15 is 0 Å². The molecular weight excluding hydrogens is 308 g/mol. The van der Waals surface area contributed by atoms with E-state index in [0.717, 1.165) is 10.1 Å². The number of ether oxygens (including phenoxy) is 1. The lowest BCUT2D eigenvalue weighted by atomic mass is 10.1. The number of nitrogens with two attached hydrogens (primary N) is 1. The lowest BCUT2D eigenvalue weighted by molar-refractivity contribution is -0.0322. The van der Waals surface area contributed by atoms with Gasteiger partial charge in [-0.25, -0.2) is 13.6 Å². The lowest BCUT2D eigenvalue weighted by Crippen LogP contribution is -2.29. The third-order valence-corrected chi connectivity index (χ3v) is 3.17. The minimum Gasteiger partial charge on any atom is -0.394 e. The third kappa shape index (κ3) is 2.82. The highest BCUT2D eigenvalue weighted by atomic mass is 35.5. The molecule has 0 amide bonds. The minimum absolute atomic E-state index is 0.0187. The number of aliphatic hydroxyl groups excluding tert-OH is 1. The molecule has 9 heteroatoms. The van der Waals surface area contributed by atoms with Crippen LogP contribution >= 0.6 is 11.6 Å². The molecule has 6 nitrogen and oxygen atoms in total. The van der Waals surface area contributed by atoms with Crippen molar-refractivity contribution >= 4 is 23.5 Å². The Labute approximate surface area is 123 Å². The summed E-state index contributed by atoms with van der Waals surface area (Å²) in [5.74, 6) is -0.0765. The van der Waals surface area contributed by atoms with Crippen molar-refractivity contribution in [2.45, 2.75) is 18.5 Å². The van der Waals surface area contributed by atoms with Gasteiger partial charge in [0.05, 0.1) is 12.9 Å². The van der Waals surface area contributed by atoms with Crippen molar-refractivity contribution < 1.29 is 18.6 Å². The van der Waals surface area contributed by atoms with E-state index in [1.54, 1.807) is 0 Å². The van der Waals surface area contributed by atoms with Gasteiger partial charge in [0.2, 0.25) is 0 Å². The van der Waals surface area contributed by atoms with Crippen LogP contribution in [0.4, 0.5) is 14.6 Å². The van der Waals surface area contributed by atoms with Gasteiger partial charge in [0, 0.05) is 22.9 Å². The van der Waals surface area contributed by atoms with Gasteiger partial charge in [-0.15, -0.1) is 0 Å². The average Bonchev–Trinajstić information content (AvgIpc) is 2.78. The molecule has 0 bridgehead atoms. The van der Waals surface area contributed by atoms with Gasteiger partial charge in [-0.2, -0.15) is 4.98 Å². The Morgan fingerprint density at radius 2 is 2.33 bits per heavy atom. The number of alkyl halides is 1. The first-order valence-electron chi connectivity index (χ1n) is 5.89. The van der Waals surface area contributed by atoms with Crippen LogP contribution in [0.1, 0.15) is 11.8 Å². The van der Waals surface area contributed by atoms with Crippen LogP contribution in [-0.4, -0.2) is 33.5 Å². The van der Waals surface area contributed by atoms with Gasteiger partial charge in [-0.1, -0.05) is 11.6 Å². The molecule has 3 atom stereocenters. The molecule has 0 aliphatic carbocycles. The first-order valence-corrected chi connectivity index (χ1v) is 6.33. The number of nitrogens with zero attached hydrogens (tertiary/aromatic N) is 2. The molecule has 1 aromatic rings. The molecule has 1 aliphatic rings. The summed E-state index contributed by atoms with van der Waals surface area (Å²) in [6.45, 7) is -0.652. The van der Waals surface area contributed by atoms with Crippen molar-refractivity contribution in [3.05, 3.63) is 39.7 Å². The maximum atomic E-state index is 13.9. The van der Waals surface area contributed by atoms with Crippen molar-refractivity contribution in [2.24, 2.45) is 0 Å². The van der Waals surface area contributed by atoms with E-state index in [0.29, 0.717) is 0 Å². The van der Waals surface area contributed by atoms with Crippen molar-refractivity contribution in [2.75, 3.05) is 12.3 Å². The first kappa shape index (κ1) is 15.6. The Morgan fingerprint density at radius 1 is 1.62 bits per heavy atom. The zero-order valence-electron chi connectivity index (χ0n) is 10.6. The second-order valence-electron chi connectivity index (χ2n) is 4.28. The number of aromatic nitrogens is 2. The predicted molar refractivity (Wildman–Crippen MR) is 72.9 cm³/mol. The third-order valence-electron chi connectivity index (χ3n) is 3.05. The molecule has 1 fully saturated rings. The average molecular weight is 320 g/mol. The maximum absolute atomic E-state index is 13.9. The van der Waals surface area contributed by atoms with Crippen LogP contribution in [0.3, 0.4) is 0 Å². The van der Waals surface area contributed by atoms with Crippen LogP contribution < -0.4 is 11.4 Å². The summed E-state index contributed by atoms with van der Waals surface area (Å²) < 4.78 is 32.8. The number of hydrogen-bond donors (Lipinski definition) is 2. The largest absolute Gasteiger partial charge is 0.394 e. The van der Waals surface area contributed by atoms with Crippen LogP contribution in [0.15, 0.2) is 28.4 Å². The topological polar surface area (TPSA) is 90.4 Å². The number of hydrogen-bond acceptors (Lipinski definition) is 5. The number of aliphatic hydroxyl groups is 1. The summed E-state index contributed by atoms with van der Waals surface area (Å²) in [6, 6.07) is 0. The normalized spacial score (nSPS) is 27.8. The minimum atomic E-state index is -1.86. The predicted octanol–water partition coefficient (Wildman–Crippen LogP) is 1.12. The molecule has 3 unspecified atom stereocenters. The number of nitrogen functional groups attached to an aromatic ring is 1. The molecule has 21 heavy (non-hydrogen) atoms. The molecule has 0 aromatic carbocycles. The molecule has 2 heterocycles. The summed E-state index contributed by atoms with van der Waals surface area (Å²) in [6.07, 6.45) is -1.85. The second-order valence-corrected chi connectivity index (χ2v) is 4.54. The van der Waals surface area contributed by atoms with E-state index in [2.05, 4.69) is 4.98 Å². The highest BCUT2D eigenvalue weighted by molar-refractivity contribution is 6.27. The van der Waals surface area contributed by atoms with Crippen LogP contribution in [0.25, 0.3) is 6.08 Å². The molecule has 1 aromatic heterocycles. The monoisotopic (exact) mass is 319 g/mol. The van der Waals surface area contributed by atoms with E-state index in [4.69, 9.17) is 27.2 Å². The zero-order valence-corrected chi connectivity index (χ0v) is 11.4. The van der Waals surface area contributed by atoms with E-state index in [9.17, 15) is 13.6 Å². The van der Waals surface area contributed by atoms with Gasteiger partial charge in [0.1, 0.15) is 11.9 Å². The molecule has 1 saturated heterocycles. The second kappa shape index (κ2) is 6.33. The quantitative estimate of drug-likeness (QED) is 0.871. The highest BCUT2D eigenvalue weighted by Crippen LogP contribution is 2.35. The van der Waals surface area contributed by atoms with Gasteiger partial charge in [0.25, 0.3) is 0 Å². The molecule has 3 N–H and O–H groups in total. The fourth-order valence-corrected chi connectivity index (χ4v) is 2.14. The van der Waals surface area contributed by atoms with Crippen LogP contribution in [0, 0.1) is 0 Å². The Morgan fingerprint density at radius 3 is 2.90 bits per heavy atom. The summed E-state index contributed by atoms with van der Waals surface area (Å²) in [5.41, 5.74) is 5.73. The van der Waals surface area contributed by atoms with E-state index in [-0.39, 0.29) is 17.7 Å². The molecule has 1 aliphatic heterocycles. The van der Waals surface area contributed by atoms with Gasteiger partial charge in [-0.3, -0.25) is 4.57 Å². The van der Waals surface area contributed by atoms with Crippen LogP contribution in [-0.2, 0) is 4.74 Å². The maximum Gasteiger partial charge on any atom is 0.351 e. The Bertz CT molecular complexity index is 647. The Hall–Kier alpha value is -1.77. The van der Waals surface area contributed by atoms with Crippen LogP contribution in [0.2, 0.25) is 0 Å². The van der Waals surface area contributed by atoms with E-state index in [1.165, 1.54) is 12.3 Å². The summed E-state index contributed by atoms with van der Waals surface area (Å²) in [7, 11) is 0. The molecular formula is C12H12ClF2N3O3. The fraction of sp³-hybridized carbons (Fsp3) is 0.333. The van der Waals surface area contributed by atoms with Gasteiger partial charge < -0.3 is 15.6 Å². The van der Waals surface area contributed by atoms with Crippen LogP contribution in [0.5, 0.6) is 0 Å². The van der Waals surface area contributed by atoms with Crippen molar-refractivity contribution in [3.8, 4) is 0 Å². The van der Waals surface area contributed by atoms with Crippen molar-refractivity contribution in [3.63, 3.8) is 0 Å². The SMILES string of the molecule is Nc1nc(=O)n(C2OC(CO)C(F)/C2=C\F)cc1/C=C\Cl. The van der Waals surface area contributed by atoms with E-state index < -0.39 is 36.4 Å². The number of anilines is 1. The smallest absolute Gasteiger partial charge is 0.351 e. The number of halogens is 3. The van der Waals surface area contributed by atoms with Gasteiger partial charge in [0.15, 0.2) is 12.4 Å². The van der Waals surface area contributed by atoms with Crippen molar-refractivity contribution in [1.82, 2.24) is 9.55 Å². The molecule has 0 saturated carbocycles. The summed E-state index contributed by atoms with van der Waals surface area (Å²) in [4.78, 5) is 15.4. The van der Waals surface area contributed by atoms with E-state index in [1.807, 2.05) is 0 Å². The lowest BCUT2D eigenvalue weighted by Gasteiger charge is -2.15. The van der Waals surface area contributed by atoms with Gasteiger partial charge in [-0.05, 0) is 6.08 Å². The Kier molecular flexibility index (Phi) is 4.71. The summed E-state index contributed by atoms with van der Waals surface area (Å²) in [5, 5.41) is 9.00. The molecule has 0 radical (unpaired) electrons. The zero-order chi connectivity index (χ0) is 15.6. The van der Waals surface area contributed by atoms with Crippen molar-refractivity contribution in [1.29, 1.82) is 0 Å². The molecule has 114 valence electrons. The highest BCUT2D eigenvalue weighted by Gasteiger charge is 2.41.